The van der Waals surface area contributed by atoms with Crippen LogP contribution in [-0.4, -0.2) is 37.4 Å². The van der Waals surface area contributed by atoms with E-state index in [1.807, 2.05) is 0 Å². The fraction of sp³-hybridized carbons (Fsp3) is 0.100. The highest BCUT2D eigenvalue weighted by Gasteiger charge is 2.09. The maximum absolute atomic E-state index is 11.6. The fourth-order valence-corrected chi connectivity index (χ4v) is 1.26. The smallest absolute Gasteiger partial charge is 0.309 e. The average Bonchev–Trinajstić information content (AvgIpc) is 2.84. The van der Waals surface area contributed by atoms with Gasteiger partial charge in [0.1, 0.15) is 0 Å². The number of nitrogens with one attached hydrogen (secondary N) is 2. The number of rotatable bonds is 4. The number of pyridine rings is 1. The van der Waals surface area contributed by atoms with E-state index in [2.05, 4.69) is 25.7 Å². The molecule has 1 amide bonds. The summed E-state index contributed by atoms with van der Waals surface area (Å²) in [5, 5.41) is 20.6. The van der Waals surface area contributed by atoms with Gasteiger partial charge in [0.25, 0.3) is 5.91 Å². The number of nitrogens with zero attached hydrogens (tertiary/aromatic N) is 3. The molecule has 0 atom stereocenters. The van der Waals surface area contributed by atoms with E-state index in [0.29, 0.717) is 11.4 Å². The Hall–Kier alpha value is -2.77. The highest BCUT2D eigenvalue weighted by Crippen LogP contribution is 2.08. The first-order chi connectivity index (χ1) is 8.65. The minimum Gasteiger partial charge on any atom is -0.481 e. The standard InChI is InChI=1S/C10H9N5O3/c16-9(17)3-6-1-2-7(4-11-6)13-10(18)8-5-12-15-14-8/h1-2,4-5H,3H2,(H,13,18)(H,16,17)(H,12,14,15). The van der Waals surface area contributed by atoms with Crippen LogP contribution in [0.15, 0.2) is 24.5 Å². The first-order valence-electron chi connectivity index (χ1n) is 4.99. The number of carboxylic acid groups (broad SMARTS) is 1. The molecule has 0 aliphatic heterocycles. The van der Waals surface area contributed by atoms with Crippen molar-refractivity contribution in [1.29, 1.82) is 0 Å². The Bertz CT molecular complexity index is 549. The predicted molar refractivity (Wildman–Crippen MR) is 59.9 cm³/mol. The lowest BCUT2D eigenvalue weighted by atomic mass is 10.2. The van der Waals surface area contributed by atoms with Gasteiger partial charge in [-0.3, -0.25) is 14.6 Å². The first kappa shape index (κ1) is 11.7. The third kappa shape index (κ3) is 2.88. The number of amides is 1. The molecule has 2 rings (SSSR count). The summed E-state index contributed by atoms with van der Waals surface area (Å²) in [6, 6.07) is 3.11. The van der Waals surface area contributed by atoms with E-state index in [1.165, 1.54) is 18.5 Å². The Morgan fingerprint density at radius 2 is 2.17 bits per heavy atom. The first-order valence-corrected chi connectivity index (χ1v) is 4.99. The molecule has 0 aliphatic carbocycles. The molecular weight excluding hydrogens is 238 g/mol. The molecule has 0 fully saturated rings. The third-order valence-electron chi connectivity index (χ3n) is 2.06. The molecule has 0 spiro atoms. The van der Waals surface area contributed by atoms with Crippen LogP contribution in [0.25, 0.3) is 0 Å². The number of hydrogen-bond acceptors (Lipinski definition) is 5. The van der Waals surface area contributed by atoms with E-state index >= 15 is 0 Å². The maximum Gasteiger partial charge on any atom is 0.309 e. The van der Waals surface area contributed by atoms with Crippen molar-refractivity contribution in [3.05, 3.63) is 35.9 Å². The molecule has 0 saturated heterocycles. The number of carbonyl (C=O) groups is 2. The van der Waals surface area contributed by atoms with E-state index in [0.717, 1.165) is 0 Å². The van der Waals surface area contributed by atoms with Crippen LogP contribution in [0.2, 0.25) is 0 Å². The number of hydrogen-bond donors (Lipinski definition) is 3. The Balaban J connectivity index is 2.02. The molecular formula is C10H9N5O3. The van der Waals surface area contributed by atoms with E-state index in [9.17, 15) is 9.59 Å². The topological polar surface area (TPSA) is 121 Å². The molecule has 0 unspecified atom stereocenters. The van der Waals surface area contributed by atoms with Crippen molar-refractivity contribution in [1.82, 2.24) is 20.4 Å². The van der Waals surface area contributed by atoms with E-state index in [1.54, 1.807) is 6.07 Å². The molecule has 2 heterocycles. The van der Waals surface area contributed by atoms with Gasteiger partial charge >= 0.3 is 5.97 Å². The van der Waals surface area contributed by atoms with Crippen molar-refractivity contribution >= 4 is 17.6 Å². The van der Waals surface area contributed by atoms with Gasteiger partial charge < -0.3 is 10.4 Å². The van der Waals surface area contributed by atoms with Crippen molar-refractivity contribution in [2.45, 2.75) is 6.42 Å². The van der Waals surface area contributed by atoms with Gasteiger partial charge in [0.05, 0.1) is 30.2 Å². The molecule has 2 aromatic heterocycles. The Kier molecular flexibility index (Phi) is 3.28. The van der Waals surface area contributed by atoms with Gasteiger partial charge in [-0.05, 0) is 12.1 Å². The van der Waals surface area contributed by atoms with Gasteiger partial charge in [0.2, 0.25) is 0 Å². The zero-order valence-corrected chi connectivity index (χ0v) is 9.12. The van der Waals surface area contributed by atoms with Crippen LogP contribution in [-0.2, 0) is 11.2 Å². The number of anilines is 1. The summed E-state index contributed by atoms with van der Waals surface area (Å²) in [6.45, 7) is 0. The SMILES string of the molecule is O=C(O)Cc1ccc(NC(=O)c2cn[nH]n2)cn1. The zero-order chi connectivity index (χ0) is 13.0. The molecule has 18 heavy (non-hydrogen) atoms. The Morgan fingerprint density at radius 3 is 2.72 bits per heavy atom. The minimum absolute atomic E-state index is 0.155. The lowest BCUT2D eigenvalue weighted by Gasteiger charge is -2.03. The van der Waals surface area contributed by atoms with Gasteiger partial charge in [0, 0.05) is 0 Å². The summed E-state index contributed by atoms with van der Waals surface area (Å²) >= 11 is 0. The molecule has 0 aliphatic rings. The summed E-state index contributed by atoms with van der Waals surface area (Å²) in [5.41, 5.74) is 1.03. The maximum atomic E-state index is 11.6. The average molecular weight is 247 g/mol. The summed E-state index contributed by atoms with van der Waals surface area (Å²) in [7, 11) is 0. The van der Waals surface area contributed by atoms with Gasteiger partial charge in [-0.1, -0.05) is 0 Å². The van der Waals surface area contributed by atoms with Crippen molar-refractivity contribution in [2.75, 3.05) is 5.32 Å². The van der Waals surface area contributed by atoms with Crippen LogP contribution < -0.4 is 5.32 Å². The van der Waals surface area contributed by atoms with Crippen molar-refractivity contribution in [2.24, 2.45) is 0 Å². The van der Waals surface area contributed by atoms with Crippen molar-refractivity contribution in [3.8, 4) is 0 Å². The van der Waals surface area contributed by atoms with Crippen LogP contribution in [0.3, 0.4) is 0 Å². The van der Waals surface area contributed by atoms with E-state index in [-0.39, 0.29) is 12.1 Å². The monoisotopic (exact) mass is 247 g/mol. The summed E-state index contributed by atoms with van der Waals surface area (Å²) in [4.78, 5) is 26.0. The van der Waals surface area contributed by atoms with Gasteiger partial charge in [0.15, 0.2) is 5.69 Å². The zero-order valence-electron chi connectivity index (χ0n) is 9.12. The lowest BCUT2D eigenvalue weighted by molar-refractivity contribution is -0.136. The lowest BCUT2D eigenvalue weighted by Crippen LogP contribution is -2.13. The van der Waals surface area contributed by atoms with Crippen LogP contribution in [0.1, 0.15) is 16.2 Å². The predicted octanol–water partition coefficient (Wildman–Crippen LogP) is 0.0791. The molecule has 8 heteroatoms. The largest absolute Gasteiger partial charge is 0.481 e. The Labute approximate surface area is 101 Å². The van der Waals surface area contributed by atoms with Gasteiger partial charge in [-0.25, -0.2) is 0 Å². The highest BCUT2D eigenvalue weighted by atomic mass is 16.4. The second kappa shape index (κ2) is 5.04. The summed E-state index contributed by atoms with van der Waals surface area (Å²) < 4.78 is 0. The van der Waals surface area contributed by atoms with Crippen LogP contribution >= 0.6 is 0 Å². The number of carbonyl (C=O) groups excluding carboxylic acids is 1. The molecule has 3 N–H and O–H groups in total. The van der Waals surface area contributed by atoms with Crippen molar-refractivity contribution in [3.63, 3.8) is 0 Å². The quantitative estimate of drug-likeness (QED) is 0.703. The van der Waals surface area contributed by atoms with Crippen LogP contribution in [0.5, 0.6) is 0 Å². The summed E-state index contributed by atoms with van der Waals surface area (Å²) in [5.74, 6) is -1.38. The highest BCUT2D eigenvalue weighted by molar-refractivity contribution is 6.02. The molecule has 0 radical (unpaired) electrons. The van der Waals surface area contributed by atoms with Gasteiger partial charge in [-0.2, -0.15) is 15.4 Å². The third-order valence-corrected chi connectivity index (χ3v) is 2.06. The molecule has 0 bridgehead atoms. The van der Waals surface area contributed by atoms with Crippen LogP contribution in [0.4, 0.5) is 5.69 Å². The fourth-order valence-electron chi connectivity index (χ4n) is 1.26. The second-order valence-electron chi connectivity index (χ2n) is 3.42. The minimum atomic E-state index is -0.957. The summed E-state index contributed by atoms with van der Waals surface area (Å²) in [6.07, 6.45) is 2.52. The van der Waals surface area contributed by atoms with E-state index in [4.69, 9.17) is 5.11 Å². The molecule has 0 saturated carbocycles. The van der Waals surface area contributed by atoms with Crippen LogP contribution in [0, 0.1) is 0 Å². The molecule has 92 valence electrons. The number of carboxylic acids is 1. The number of H-pyrrole nitrogens is 1. The van der Waals surface area contributed by atoms with Gasteiger partial charge in [-0.15, -0.1) is 0 Å². The molecule has 0 aromatic carbocycles. The van der Waals surface area contributed by atoms with E-state index < -0.39 is 11.9 Å². The number of aromatic amines is 1. The second-order valence-corrected chi connectivity index (χ2v) is 3.42. The Morgan fingerprint density at radius 1 is 1.33 bits per heavy atom. The number of aliphatic carboxylic acids is 1. The normalized spacial score (nSPS) is 10.0. The molecule has 8 nitrogen and oxygen atoms in total. The number of aromatic nitrogens is 4. The van der Waals surface area contributed by atoms with Crippen molar-refractivity contribution < 1.29 is 14.7 Å². The molecule has 2 aromatic rings.